The van der Waals surface area contributed by atoms with Gasteiger partial charge in [0.15, 0.2) is 0 Å². The molecular formula is C17H9Cl2F3N2O3S. The summed E-state index contributed by atoms with van der Waals surface area (Å²) in [5.74, 6) is -3.28. The molecule has 0 fully saturated rings. The zero-order chi connectivity index (χ0) is 20.4. The van der Waals surface area contributed by atoms with E-state index in [0.717, 1.165) is 16.2 Å². The van der Waals surface area contributed by atoms with Gasteiger partial charge in [-0.3, -0.25) is 19.3 Å². The van der Waals surface area contributed by atoms with Crippen molar-refractivity contribution in [3.05, 3.63) is 55.2 Å². The number of nitrogens with zero attached hydrogens (tertiary/aromatic N) is 1. The molecule has 0 unspecified atom stereocenters. The Bertz CT molecular complexity index is 1000. The lowest BCUT2D eigenvalue weighted by atomic mass is 10.1. The summed E-state index contributed by atoms with van der Waals surface area (Å²) < 4.78 is 38.4. The molecule has 3 amide bonds. The van der Waals surface area contributed by atoms with Crippen molar-refractivity contribution < 1.29 is 27.6 Å². The summed E-state index contributed by atoms with van der Waals surface area (Å²) in [4.78, 5) is 37.9. The zero-order valence-electron chi connectivity index (χ0n) is 13.6. The second-order valence-electron chi connectivity index (χ2n) is 6.28. The number of carbonyl (C=O) groups excluding carboxylic acids is 3. The van der Waals surface area contributed by atoms with Crippen molar-refractivity contribution >= 4 is 52.3 Å². The molecule has 2 aromatic rings. The van der Waals surface area contributed by atoms with Crippen LogP contribution in [0.15, 0.2) is 24.3 Å². The van der Waals surface area contributed by atoms with Crippen LogP contribution < -0.4 is 5.32 Å². The Morgan fingerprint density at radius 3 is 2.14 bits per heavy atom. The van der Waals surface area contributed by atoms with Crippen molar-refractivity contribution in [1.82, 2.24) is 10.2 Å². The molecule has 1 aromatic heterocycles. The molecule has 2 aliphatic rings. The van der Waals surface area contributed by atoms with Gasteiger partial charge < -0.3 is 5.32 Å². The van der Waals surface area contributed by atoms with E-state index in [1.807, 2.05) is 5.32 Å². The Morgan fingerprint density at radius 2 is 1.61 bits per heavy atom. The van der Waals surface area contributed by atoms with Crippen LogP contribution in [0.2, 0.25) is 8.67 Å². The lowest BCUT2D eigenvalue weighted by Gasteiger charge is -2.23. The first kappa shape index (κ1) is 19.2. The summed E-state index contributed by atoms with van der Waals surface area (Å²) in [6.07, 6.45) is -5.23. The van der Waals surface area contributed by atoms with Gasteiger partial charge >= 0.3 is 12.1 Å². The molecule has 4 rings (SSSR count). The van der Waals surface area contributed by atoms with Crippen molar-refractivity contribution in [1.29, 1.82) is 0 Å². The highest BCUT2D eigenvalue weighted by Crippen LogP contribution is 2.54. The molecule has 1 aliphatic carbocycles. The largest absolute Gasteiger partial charge is 0.471 e. The van der Waals surface area contributed by atoms with E-state index in [9.17, 15) is 27.6 Å². The fourth-order valence-corrected chi connectivity index (χ4v) is 5.51. The summed E-state index contributed by atoms with van der Waals surface area (Å²) in [6, 6.07) is 4.14. The van der Waals surface area contributed by atoms with Crippen LogP contribution in [0.3, 0.4) is 0 Å². The molecule has 0 saturated heterocycles. The summed E-state index contributed by atoms with van der Waals surface area (Å²) in [5.41, 5.74) is 0.901. The van der Waals surface area contributed by atoms with E-state index in [1.54, 1.807) is 12.1 Å². The number of fused-ring (bicyclic) bond motifs is 2. The summed E-state index contributed by atoms with van der Waals surface area (Å²) in [6.45, 7) is 0. The molecule has 0 saturated carbocycles. The second kappa shape index (κ2) is 6.47. The van der Waals surface area contributed by atoms with Crippen LogP contribution in [-0.4, -0.2) is 28.8 Å². The first-order valence-corrected chi connectivity index (χ1v) is 9.50. The van der Waals surface area contributed by atoms with Gasteiger partial charge in [0.05, 0.1) is 23.2 Å². The van der Waals surface area contributed by atoms with Gasteiger partial charge in [-0.1, -0.05) is 35.3 Å². The first-order chi connectivity index (χ1) is 13.1. The van der Waals surface area contributed by atoms with E-state index in [-0.39, 0.29) is 31.8 Å². The van der Waals surface area contributed by atoms with Gasteiger partial charge in [-0.15, -0.1) is 11.3 Å². The molecule has 1 aromatic carbocycles. The number of alkyl halides is 3. The quantitative estimate of drug-likeness (QED) is 0.686. The molecule has 1 aliphatic heterocycles. The SMILES string of the molecule is O=C1c2ccccc2C(=O)N1[C@H]1C[C@@H](NC(=O)C(F)(F)F)c2c(Cl)sc(Cl)c21. The van der Waals surface area contributed by atoms with E-state index in [0.29, 0.717) is 5.56 Å². The molecule has 5 nitrogen and oxygen atoms in total. The number of thiophene rings is 1. The smallest absolute Gasteiger partial charge is 0.341 e. The third kappa shape index (κ3) is 2.80. The highest BCUT2D eigenvalue weighted by molar-refractivity contribution is 7.20. The van der Waals surface area contributed by atoms with Crippen molar-refractivity contribution in [3.63, 3.8) is 0 Å². The maximum absolute atomic E-state index is 12.8. The second-order valence-corrected chi connectivity index (χ2v) is 8.50. The number of amides is 3. The summed E-state index contributed by atoms with van der Waals surface area (Å²) >= 11 is 13.2. The molecular weight excluding hydrogens is 440 g/mol. The predicted molar refractivity (Wildman–Crippen MR) is 95.6 cm³/mol. The van der Waals surface area contributed by atoms with Gasteiger partial charge in [-0.2, -0.15) is 13.2 Å². The highest BCUT2D eigenvalue weighted by atomic mass is 35.5. The van der Waals surface area contributed by atoms with Crippen molar-refractivity contribution in [2.45, 2.75) is 24.7 Å². The van der Waals surface area contributed by atoms with Crippen molar-refractivity contribution in [2.75, 3.05) is 0 Å². The maximum Gasteiger partial charge on any atom is 0.471 e. The molecule has 2 atom stereocenters. The van der Waals surface area contributed by atoms with E-state index in [4.69, 9.17) is 23.2 Å². The monoisotopic (exact) mass is 448 g/mol. The van der Waals surface area contributed by atoms with Gasteiger partial charge in [0.1, 0.15) is 8.67 Å². The number of benzene rings is 1. The Kier molecular flexibility index (Phi) is 4.44. The number of hydrogen-bond donors (Lipinski definition) is 1. The van der Waals surface area contributed by atoms with Crippen LogP contribution in [-0.2, 0) is 4.79 Å². The standard InChI is InChI=1S/C17H9Cl2F3N2O3S/c18-12-10-8(23-16(27)17(20,21)22)5-9(11(10)13(19)28-12)24-14(25)6-3-1-2-4-7(6)15(24)26/h1-4,8-9H,5H2,(H,23,27)/t8-,9+/m1/s1. The maximum atomic E-state index is 12.8. The van der Waals surface area contributed by atoms with Gasteiger partial charge in [0.2, 0.25) is 0 Å². The molecule has 0 radical (unpaired) electrons. The Labute approximate surface area is 170 Å². The molecule has 11 heteroatoms. The molecule has 0 spiro atoms. The third-order valence-corrected chi connectivity index (χ3v) is 6.40. The van der Waals surface area contributed by atoms with Gasteiger partial charge in [-0.25, -0.2) is 0 Å². The molecule has 28 heavy (non-hydrogen) atoms. The average Bonchev–Trinajstić information content (AvgIpc) is 3.21. The minimum Gasteiger partial charge on any atom is -0.341 e. The van der Waals surface area contributed by atoms with Crippen molar-refractivity contribution in [2.24, 2.45) is 0 Å². The number of halogens is 5. The lowest BCUT2D eigenvalue weighted by Crippen LogP contribution is -2.39. The van der Waals surface area contributed by atoms with Crippen LogP contribution in [0.1, 0.15) is 50.3 Å². The third-order valence-electron chi connectivity index (χ3n) is 4.73. The van der Waals surface area contributed by atoms with E-state index in [2.05, 4.69) is 0 Å². The minimum atomic E-state index is -5.08. The molecule has 146 valence electrons. The fourth-order valence-electron chi connectivity index (χ4n) is 3.59. The van der Waals surface area contributed by atoms with E-state index < -0.39 is 36.0 Å². The Morgan fingerprint density at radius 1 is 1.07 bits per heavy atom. The fraction of sp³-hybridized carbons (Fsp3) is 0.235. The van der Waals surface area contributed by atoms with E-state index in [1.165, 1.54) is 12.1 Å². The average molecular weight is 449 g/mol. The highest BCUT2D eigenvalue weighted by Gasteiger charge is 2.49. The number of nitrogens with one attached hydrogen (secondary N) is 1. The minimum absolute atomic E-state index is 0.103. The Balaban J connectivity index is 1.74. The zero-order valence-corrected chi connectivity index (χ0v) is 16.0. The van der Waals surface area contributed by atoms with Crippen molar-refractivity contribution in [3.8, 4) is 0 Å². The van der Waals surface area contributed by atoms with Crippen LogP contribution in [0.25, 0.3) is 0 Å². The first-order valence-electron chi connectivity index (χ1n) is 7.93. The number of carbonyl (C=O) groups is 3. The number of hydrogen-bond acceptors (Lipinski definition) is 4. The van der Waals surface area contributed by atoms with Crippen LogP contribution >= 0.6 is 34.5 Å². The lowest BCUT2D eigenvalue weighted by molar-refractivity contribution is -0.174. The molecule has 2 heterocycles. The van der Waals surface area contributed by atoms with Gasteiger partial charge in [-0.05, 0) is 18.6 Å². The van der Waals surface area contributed by atoms with E-state index >= 15 is 0 Å². The van der Waals surface area contributed by atoms with Crippen LogP contribution in [0.4, 0.5) is 13.2 Å². The normalized spacial score (nSPS) is 21.1. The summed E-state index contributed by atoms with van der Waals surface area (Å²) in [5, 5.41) is 1.88. The number of rotatable bonds is 2. The van der Waals surface area contributed by atoms with Crippen LogP contribution in [0, 0.1) is 0 Å². The summed E-state index contributed by atoms with van der Waals surface area (Å²) in [7, 11) is 0. The Hall–Kier alpha value is -2.10. The molecule has 1 N–H and O–H groups in total. The topological polar surface area (TPSA) is 66.5 Å². The number of imide groups is 1. The van der Waals surface area contributed by atoms with Gasteiger partial charge in [0.25, 0.3) is 11.8 Å². The predicted octanol–water partition coefficient (Wildman–Crippen LogP) is 4.52. The molecule has 0 bridgehead atoms. The van der Waals surface area contributed by atoms with Crippen LogP contribution in [0.5, 0.6) is 0 Å². The van der Waals surface area contributed by atoms with Gasteiger partial charge in [0, 0.05) is 11.1 Å².